The number of aliphatic hydroxyl groups is 1. The van der Waals surface area contributed by atoms with E-state index in [1.54, 1.807) is 6.20 Å². The van der Waals surface area contributed by atoms with E-state index in [0.717, 1.165) is 75.6 Å². The van der Waals surface area contributed by atoms with Gasteiger partial charge in [0.05, 0.1) is 16.8 Å². The molecule has 200 valence electrons. The van der Waals surface area contributed by atoms with Crippen molar-refractivity contribution in [3.8, 4) is 11.1 Å². The van der Waals surface area contributed by atoms with Gasteiger partial charge < -0.3 is 25.8 Å². The number of amides is 1. The van der Waals surface area contributed by atoms with Crippen LogP contribution in [0.5, 0.6) is 0 Å². The van der Waals surface area contributed by atoms with Crippen LogP contribution in [0.4, 0.5) is 5.82 Å². The Morgan fingerprint density at radius 3 is 2.24 bits per heavy atom. The zero-order valence-electron chi connectivity index (χ0n) is 22.6. The molecule has 2 bridgehead atoms. The van der Waals surface area contributed by atoms with Crippen molar-refractivity contribution in [2.75, 3.05) is 25.4 Å². The van der Waals surface area contributed by atoms with Gasteiger partial charge in [0, 0.05) is 43.0 Å². The van der Waals surface area contributed by atoms with Crippen molar-refractivity contribution < 1.29 is 14.6 Å². The molecule has 2 heterocycles. The van der Waals surface area contributed by atoms with Crippen LogP contribution in [0.15, 0.2) is 36.5 Å². The van der Waals surface area contributed by atoms with E-state index in [4.69, 9.17) is 10.5 Å². The van der Waals surface area contributed by atoms with Crippen molar-refractivity contribution in [1.29, 1.82) is 0 Å². The summed E-state index contributed by atoms with van der Waals surface area (Å²) in [6.45, 7) is 9.31. The lowest BCUT2D eigenvalue weighted by molar-refractivity contribution is -0.0886. The first-order valence-corrected chi connectivity index (χ1v) is 14.0. The fourth-order valence-electron chi connectivity index (χ4n) is 6.64. The molecule has 7 nitrogen and oxygen atoms in total. The van der Waals surface area contributed by atoms with Gasteiger partial charge in [-0.15, -0.1) is 0 Å². The maximum absolute atomic E-state index is 13.3. The standard InChI is InChI=1S/C30H42N4O3/c1-4-37-30(15-17-34(18-16-30)21(2)3)24-7-5-22(6-8-24)23-19-25(26(31)32-20-23)27(35)33-28-9-12-29(36,13-10-28)14-11-28/h5-8,19-21,36H,4,9-18H2,1-3H3,(H2,31,32)(H,33,35). The number of nitrogens with one attached hydrogen (secondary N) is 1. The topological polar surface area (TPSA) is 101 Å². The molecule has 37 heavy (non-hydrogen) atoms. The molecular weight excluding hydrogens is 464 g/mol. The fraction of sp³-hybridized carbons (Fsp3) is 0.600. The summed E-state index contributed by atoms with van der Waals surface area (Å²) in [5.41, 5.74) is 8.60. The molecule has 1 aromatic heterocycles. The number of fused-ring (bicyclic) bond motifs is 3. The van der Waals surface area contributed by atoms with Gasteiger partial charge in [-0.2, -0.15) is 0 Å². The highest BCUT2D eigenvalue weighted by Crippen LogP contribution is 2.47. The summed E-state index contributed by atoms with van der Waals surface area (Å²) in [7, 11) is 0. The van der Waals surface area contributed by atoms with Gasteiger partial charge in [0.15, 0.2) is 0 Å². The molecule has 4 aliphatic rings. The van der Waals surface area contributed by atoms with E-state index < -0.39 is 5.60 Å². The number of rotatable bonds is 7. The maximum atomic E-state index is 13.3. The zero-order valence-corrected chi connectivity index (χ0v) is 22.6. The van der Waals surface area contributed by atoms with E-state index in [2.05, 4.69) is 60.2 Å². The summed E-state index contributed by atoms with van der Waals surface area (Å²) >= 11 is 0. The molecule has 3 saturated carbocycles. The number of nitrogens with two attached hydrogens (primary N) is 1. The summed E-state index contributed by atoms with van der Waals surface area (Å²) in [6.07, 6.45) is 8.34. The van der Waals surface area contributed by atoms with Crippen LogP contribution in [0.25, 0.3) is 11.1 Å². The molecular formula is C30H42N4O3. The Balaban J connectivity index is 1.33. The molecule has 0 atom stereocenters. The van der Waals surface area contributed by atoms with Gasteiger partial charge in [-0.3, -0.25) is 4.79 Å². The molecule has 4 fully saturated rings. The summed E-state index contributed by atoms with van der Waals surface area (Å²) in [5, 5.41) is 13.8. The number of nitrogens with zero attached hydrogens (tertiary/aromatic N) is 2. The molecule has 2 aromatic rings. The van der Waals surface area contributed by atoms with E-state index in [9.17, 15) is 9.90 Å². The van der Waals surface area contributed by atoms with Crippen molar-refractivity contribution in [2.24, 2.45) is 0 Å². The molecule has 1 aromatic carbocycles. The quantitative estimate of drug-likeness (QED) is 0.506. The SMILES string of the molecule is CCOC1(c2ccc(-c3cnc(N)c(C(=O)NC45CCC(O)(CC4)CC5)c3)cc2)CCN(C(C)C)CC1. The number of aromatic nitrogens is 1. The Kier molecular flexibility index (Phi) is 7.07. The number of piperidine rings is 1. The van der Waals surface area contributed by atoms with Gasteiger partial charge in [-0.1, -0.05) is 24.3 Å². The molecule has 4 N–H and O–H groups in total. The monoisotopic (exact) mass is 506 g/mol. The third kappa shape index (κ3) is 5.14. The second-order valence-electron chi connectivity index (χ2n) is 11.7. The number of carbonyl (C=O) groups is 1. The van der Waals surface area contributed by atoms with Gasteiger partial charge in [-0.25, -0.2) is 4.98 Å². The summed E-state index contributed by atoms with van der Waals surface area (Å²) in [6, 6.07) is 10.9. The van der Waals surface area contributed by atoms with Crippen LogP contribution in [-0.4, -0.2) is 57.8 Å². The van der Waals surface area contributed by atoms with Crippen LogP contribution in [0, 0.1) is 0 Å². The number of hydrogen-bond donors (Lipinski definition) is 3. The smallest absolute Gasteiger partial charge is 0.255 e. The van der Waals surface area contributed by atoms with Gasteiger partial charge in [0.1, 0.15) is 5.82 Å². The summed E-state index contributed by atoms with van der Waals surface area (Å²) in [5.74, 6) is 0.0626. The Morgan fingerprint density at radius 1 is 1.05 bits per heavy atom. The number of nitrogen functional groups attached to an aromatic ring is 1. The van der Waals surface area contributed by atoms with Crippen molar-refractivity contribution in [2.45, 2.75) is 94.9 Å². The van der Waals surface area contributed by atoms with E-state index in [1.165, 1.54) is 5.56 Å². The molecule has 1 aliphatic heterocycles. The predicted molar refractivity (Wildman–Crippen MR) is 146 cm³/mol. The lowest BCUT2D eigenvalue weighted by atomic mass is 9.63. The van der Waals surface area contributed by atoms with Crippen LogP contribution >= 0.6 is 0 Å². The normalized spacial score (nSPS) is 27.4. The maximum Gasteiger partial charge on any atom is 0.255 e. The molecule has 7 heteroatoms. The molecule has 0 spiro atoms. The Hall–Kier alpha value is -2.48. The third-order valence-corrected chi connectivity index (χ3v) is 9.25. The highest BCUT2D eigenvalue weighted by Gasteiger charge is 2.48. The number of pyridine rings is 1. The molecule has 1 amide bonds. The van der Waals surface area contributed by atoms with Gasteiger partial charge in [0.25, 0.3) is 5.91 Å². The molecule has 6 rings (SSSR count). The van der Waals surface area contributed by atoms with Gasteiger partial charge in [0.2, 0.25) is 0 Å². The van der Waals surface area contributed by atoms with Crippen molar-refractivity contribution in [1.82, 2.24) is 15.2 Å². The minimum Gasteiger partial charge on any atom is -0.390 e. The molecule has 0 radical (unpaired) electrons. The van der Waals surface area contributed by atoms with Crippen LogP contribution in [0.3, 0.4) is 0 Å². The second kappa shape index (κ2) is 10.0. The van der Waals surface area contributed by atoms with E-state index >= 15 is 0 Å². The minimum absolute atomic E-state index is 0.178. The van der Waals surface area contributed by atoms with E-state index in [1.807, 2.05) is 6.07 Å². The van der Waals surface area contributed by atoms with Crippen LogP contribution in [-0.2, 0) is 10.3 Å². The number of likely N-dealkylation sites (tertiary alicyclic amines) is 1. The average molecular weight is 507 g/mol. The Morgan fingerprint density at radius 2 is 1.68 bits per heavy atom. The summed E-state index contributed by atoms with van der Waals surface area (Å²) < 4.78 is 6.37. The van der Waals surface area contributed by atoms with Crippen LogP contribution < -0.4 is 11.1 Å². The lowest BCUT2D eigenvalue weighted by Gasteiger charge is -2.51. The first-order chi connectivity index (χ1) is 17.7. The number of benzene rings is 1. The molecule has 3 aliphatic carbocycles. The minimum atomic E-state index is -0.536. The lowest BCUT2D eigenvalue weighted by Crippen LogP contribution is -2.58. The van der Waals surface area contributed by atoms with Crippen LogP contribution in [0.1, 0.15) is 88.1 Å². The summed E-state index contributed by atoms with van der Waals surface area (Å²) in [4.78, 5) is 20.2. The number of anilines is 1. The second-order valence-corrected chi connectivity index (χ2v) is 11.7. The highest BCUT2D eigenvalue weighted by atomic mass is 16.5. The number of hydrogen-bond acceptors (Lipinski definition) is 6. The van der Waals surface area contributed by atoms with Crippen LogP contribution in [0.2, 0.25) is 0 Å². The average Bonchev–Trinajstić information content (AvgIpc) is 2.90. The first kappa shape index (κ1) is 26.1. The molecule has 0 unspecified atom stereocenters. The number of carbonyl (C=O) groups excluding carboxylic acids is 1. The Labute approximate surface area is 220 Å². The van der Waals surface area contributed by atoms with Gasteiger partial charge in [-0.05, 0) is 89.3 Å². The highest BCUT2D eigenvalue weighted by molar-refractivity contribution is 5.99. The third-order valence-electron chi connectivity index (χ3n) is 9.25. The van der Waals surface area contributed by atoms with Crippen molar-refractivity contribution in [3.05, 3.63) is 47.7 Å². The Bertz CT molecular complexity index is 1100. The zero-order chi connectivity index (χ0) is 26.3. The van der Waals surface area contributed by atoms with Gasteiger partial charge >= 0.3 is 0 Å². The largest absolute Gasteiger partial charge is 0.390 e. The van der Waals surface area contributed by atoms with E-state index in [0.29, 0.717) is 18.2 Å². The first-order valence-electron chi connectivity index (χ1n) is 14.0. The van der Waals surface area contributed by atoms with Crippen molar-refractivity contribution >= 4 is 11.7 Å². The van der Waals surface area contributed by atoms with E-state index in [-0.39, 0.29) is 22.9 Å². The predicted octanol–water partition coefficient (Wildman–Crippen LogP) is 4.63. The number of ether oxygens (including phenoxy) is 1. The molecule has 1 saturated heterocycles. The fourth-order valence-corrected chi connectivity index (χ4v) is 6.64. The van der Waals surface area contributed by atoms with Crippen molar-refractivity contribution in [3.63, 3.8) is 0 Å².